The van der Waals surface area contributed by atoms with E-state index in [9.17, 15) is 4.79 Å². The summed E-state index contributed by atoms with van der Waals surface area (Å²) in [6.07, 6.45) is 1.33. The van der Waals surface area contributed by atoms with Gasteiger partial charge in [0.2, 0.25) is 5.91 Å². The van der Waals surface area contributed by atoms with E-state index in [1.807, 2.05) is 31.2 Å². The Balaban J connectivity index is 1.55. The van der Waals surface area contributed by atoms with Gasteiger partial charge in [-0.3, -0.25) is 4.79 Å². The predicted octanol–water partition coefficient (Wildman–Crippen LogP) is 4.11. The fourth-order valence-corrected chi connectivity index (χ4v) is 3.60. The first-order valence-electron chi connectivity index (χ1n) is 7.50. The summed E-state index contributed by atoms with van der Waals surface area (Å²) in [4.78, 5) is 12.0. The van der Waals surface area contributed by atoms with Crippen molar-refractivity contribution in [1.82, 2.24) is 5.32 Å². The molecule has 0 saturated carbocycles. The lowest BCUT2D eigenvalue weighted by molar-refractivity contribution is -0.120. The summed E-state index contributed by atoms with van der Waals surface area (Å²) in [6.45, 7) is 2.73. The summed E-state index contributed by atoms with van der Waals surface area (Å²) < 4.78 is 1.31. The molecule has 1 heterocycles. The van der Waals surface area contributed by atoms with Crippen LogP contribution in [-0.2, 0) is 17.6 Å². The Bertz CT molecular complexity index is 791. The van der Waals surface area contributed by atoms with E-state index in [0.29, 0.717) is 13.0 Å². The fraction of sp³-hybridized carbons (Fsp3) is 0.211. The number of amides is 1. The molecule has 1 aromatic heterocycles. The first-order chi connectivity index (χ1) is 10.7. The average molecular weight is 309 g/mol. The molecule has 0 aliphatic rings. The van der Waals surface area contributed by atoms with Crippen LogP contribution >= 0.6 is 11.3 Å². The smallest absolute Gasteiger partial charge is 0.224 e. The Kier molecular flexibility index (Phi) is 4.54. The number of aryl methyl sites for hydroxylation is 1. The van der Waals surface area contributed by atoms with Gasteiger partial charge in [-0.1, -0.05) is 42.5 Å². The van der Waals surface area contributed by atoms with Crippen molar-refractivity contribution < 1.29 is 4.79 Å². The molecule has 3 heteroatoms. The van der Waals surface area contributed by atoms with Gasteiger partial charge in [0, 0.05) is 11.2 Å². The Hall–Kier alpha value is -2.13. The van der Waals surface area contributed by atoms with Crippen molar-refractivity contribution in [3.8, 4) is 0 Å². The van der Waals surface area contributed by atoms with Crippen molar-refractivity contribution >= 4 is 27.3 Å². The minimum atomic E-state index is 0.0915. The predicted molar refractivity (Wildman–Crippen MR) is 93.4 cm³/mol. The van der Waals surface area contributed by atoms with Crippen LogP contribution in [0.3, 0.4) is 0 Å². The lowest BCUT2D eigenvalue weighted by atomic mass is 10.1. The van der Waals surface area contributed by atoms with Gasteiger partial charge in [-0.15, -0.1) is 11.3 Å². The maximum atomic E-state index is 12.0. The number of rotatable bonds is 5. The lowest BCUT2D eigenvalue weighted by Gasteiger charge is -2.07. The number of benzene rings is 2. The number of thiophene rings is 1. The number of hydrogen-bond acceptors (Lipinski definition) is 2. The van der Waals surface area contributed by atoms with Crippen LogP contribution in [0, 0.1) is 6.92 Å². The van der Waals surface area contributed by atoms with Crippen molar-refractivity contribution in [1.29, 1.82) is 0 Å². The molecule has 0 aliphatic heterocycles. The van der Waals surface area contributed by atoms with E-state index in [1.54, 1.807) is 11.3 Å². The van der Waals surface area contributed by atoms with Gasteiger partial charge in [-0.25, -0.2) is 0 Å². The van der Waals surface area contributed by atoms with Crippen molar-refractivity contribution in [2.45, 2.75) is 19.8 Å². The molecule has 112 valence electrons. The van der Waals surface area contributed by atoms with Crippen molar-refractivity contribution in [2.75, 3.05) is 6.54 Å². The van der Waals surface area contributed by atoms with Crippen LogP contribution in [0.25, 0.3) is 10.1 Å². The molecular weight excluding hydrogens is 290 g/mol. The fourth-order valence-electron chi connectivity index (χ4n) is 2.61. The third-order valence-corrected chi connectivity index (χ3v) is 4.90. The third kappa shape index (κ3) is 3.37. The average Bonchev–Trinajstić information content (AvgIpc) is 2.93. The zero-order chi connectivity index (χ0) is 15.4. The Morgan fingerprint density at radius 3 is 2.68 bits per heavy atom. The molecule has 0 fully saturated rings. The highest BCUT2D eigenvalue weighted by Gasteiger charge is 2.07. The first-order valence-corrected chi connectivity index (χ1v) is 8.38. The van der Waals surface area contributed by atoms with Crippen molar-refractivity contribution in [2.24, 2.45) is 0 Å². The van der Waals surface area contributed by atoms with Gasteiger partial charge in [0.25, 0.3) is 0 Å². The van der Waals surface area contributed by atoms with E-state index >= 15 is 0 Å². The summed E-state index contributed by atoms with van der Waals surface area (Å²) in [5, 5.41) is 6.53. The molecule has 0 saturated heterocycles. The molecule has 0 radical (unpaired) electrons. The number of fused-ring (bicyclic) bond motifs is 1. The van der Waals surface area contributed by atoms with Crippen LogP contribution in [-0.4, -0.2) is 12.5 Å². The van der Waals surface area contributed by atoms with Crippen LogP contribution in [0.4, 0.5) is 0 Å². The largest absolute Gasteiger partial charge is 0.355 e. The van der Waals surface area contributed by atoms with Gasteiger partial charge in [-0.05, 0) is 46.9 Å². The normalized spacial score (nSPS) is 10.8. The quantitative estimate of drug-likeness (QED) is 0.755. The summed E-state index contributed by atoms with van der Waals surface area (Å²) in [6, 6.07) is 16.4. The molecule has 22 heavy (non-hydrogen) atoms. The highest BCUT2D eigenvalue weighted by atomic mass is 32.1. The molecule has 0 atom stereocenters. The molecule has 2 nitrogen and oxygen atoms in total. The number of carbonyl (C=O) groups is 1. The Morgan fingerprint density at radius 1 is 1.05 bits per heavy atom. The van der Waals surface area contributed by atoms with E-state index in [-0.39, 0.29) is 5.91 Å². The molecule has 0 bridgehead atoms. The van der Waals surface area contributed by atoms with E-state index in [2.05, 4.69) is 35.0 Å². The lowest BCUT2D eigenvalue weighted by Crippen LogP contribution is -2.27. The zero-order valence-corrected chi connectivity index (χ0v) is 13.5. The molecule has 1 N–H and O–H groups in total. The summed E-state index contributed by atoms with van der Waals surface area (Å²) in [5.41, 5.74) is 3.58. The van der Waals surface area contributed by atoms with Crippen LogP contribution in [0.5, 0.6) is 0 Å². The molecule has 2 aromatic carbocycles. The van der Waals surface area contributed by atoms with Crippen LogP contribution in [0.1, 0.15) is 16.7 Å². The number of hydrogen-bond donors (Lipinski definition) is 1. The summed E-state index contributed by atoms with van der Waals surface area (Å²) in [7, 11) is 0. The minimum Gasteiger partial charge on any atom is -0.355 e. The van der Waals surface area contributed by atoms with Crippen molar-refractivity contribution in [3.05, 3.63) is 70.6 Å². The minimum absolute atomic E-state index is 0.0915. The molecule has 3 rings (SSSR count). The second-order valence-electron chi connectivity index (χ2n) is 5.46. The zero-order valence-electron chi connectivity index (χ0n) is 12.6. The van der Waals surface area contributed by atoms with Crippen LogP contribution < -0.4 is 5.32 Å². The van der Waals surface area contributed by atoms with Gasteiger partial charge >= 0.3 is 0 Å². The molecule has 0 unspecified atom stereocenters. The van der Waals surface area contributed by atoms with E-state index < -0.39 is 0 Å². The Morgan fingerprint density at radius 2 is 1.82 bits per heavy atom. The molecular formula is C19H19NOS. The SMILES string of the molecule is Cc1ccccc1CC(=O)NCCc1csc2ccccc12. The van der Waals surface area contributed by atoms with Gasteiger partial charge in [0.1, 0.15) is 0 Å². The van der Waals surface area contributed by atoms with Crippen LogP contribution in [0.2, 0.25) is 0 Å². The first kappa shape index (κ1) is 14.8. The summed E-state index contributed by atoms with van der Waals surface area (Å²) in [5.74, 6) is 0.0915. The molecule has 3 aromatic rings. The van der Waals surface area contributed by atoms with Gasteiger partial charge in [-0.2, -0.15) is 0 Å². The van der Waals surface area contributed by atoms with E-state index in [0.717, 1.165) is 12.0 Å². The Labute approximate surface area is 134 Å². The molecule has 0 spiro atoms. The summed E-state index contributed by atoms with van der Waals surface area (Å²) >= 11 is 1.76. The van der Waals surface area contributed by atoms with Gasteiger partial charge in [0.05, 0.1) is 6.42 Å². The highest BCUT2D eigenvalue weighted by molar-refractivity contribution is 7.17. The maximum absolute atomic E-state index is 12.0. The monoisotopic (exact) mass is 309 g/mol. The third-order valence-electron chi connectivity index (χ3n) is 3.89. The standard InChI is InChI=1S/C19H19NOS/c1-14-6-2-3-7-15(14)12-19(21)20-11-10-16-13-22-18-9-5-4-8-17(16)18/h2-9,13H,10-12H2,1H3,(H,20,21). The number of nitrogens with one attached hydrogen (secondary N) is 1. The van der Waals surface area contributed by atoms with Gasteiger partial charge < -0.3 is 5.32 Å². The topological polar surface area (TPSA) is 29.1 Å². The molecule has 0 aliphatic carbocycles. The van der Waals surface area contributed by atoms with E-state index in [4.69, 9.17) is 0 Å². The second-order valence-corrected chi connectivity index (χ2v) is 6.37. The second kappa shape index (κ2) is 6.75. The van der Waals surface area contributed by atoms with Crippen molar-refractivity contribution in [3.63, 3.8) is 0 Å². The maximum Gasteiger partial charge on any atom is 0.224 e. The molecule has 1 amide bonds. The van der Waals surface area contributed by atoms with Crippen LogP contribution in [0.15, 0.2) is 53.9 Å². The number of carbonyl (C=O) groups excluding carboxylic acids is 1. The van der Waals surface area contributed by atoms with E-state index in [1.165, 1.54) is 21.2 Å². The highest BCUT2D eigenvalue weighted by Crippen LogP contribution is 2.25. The van der Waals surface area contributed by atoms with Gasteiger partial charge in [0.15, 0.2) is 0 Å².